The smallest absolute Gasteiger partial charge is 0.235 e. The SMILES string of the molecule is COc1ccccc1CCN(CC(=O)NCCC(C)C)S(C)(=O)=O. The highest BCUT2D eigenvalue weighted by molar-refractivity contribution is 7.88. The molecule has 0 aromatic heterocycles. The van der Waals surface area contributed by atoms with Gasteiger partial charge in [-0.15, -0.1) is 0 Å². The van der Waals surface area contributed by atoms with Crippen LogP contribution in [0.5, 0.6) is 5.75 Å². The number of ether oxygens (including phenoxy) is 1. The molecule has 1 aromatic rings. The summed E-state index contributed by atoms with van der Waals surface area (Å²) in [7, 11) is -1.88. The van der Waals surface area contributed by atoms with Gasteiger partial charge in [0.15, 0.2) is 0 Å². The Hall–Kier alpha value is -1.60. The largest absolute Gasteiger partial charge is 0.496 e. The molecule has 136 valence electrons. The molecule has 0 saturated heterocycles. The van der Waals surface area contributed by atoms with Crippen molar-refractivity contribution in [3.8, 4) is 5.75 Å². The van der Waals surface area contributed by atoms with Gasteiger partial charge in [-0.1, -0.05) is 32.0 Å². The van der Waals surface area contributed by atoms with Crippen LogP contribution >= 0.6 is 0 Å². The Balaban J connectivity index is 2.65. The van der Waals surface area contributed by atoms with Gasteiger partial charge in [0.2, 0.25) is 15.9 Å². The van der Waals surface area contributed by atoms with E-state index in [-0.39, 0.29) is 19.0 Å². The van der Waals surface area contributed by atoms with Gasteiger partial charge in [-0.05, 0) is 30.4 Å². The van der Waals surface area contributed by atoms with Crippen LogP contribution in [-0.2, 0) is 21.2 Å². The number of sulfonamides is 1. The summed E-state index contributed by atoms with van der Waals surface area (Å²) >= 11 is 0. The van der Waals surface area contributed by atoms with E-state index in [1.807, 2.05) is 24.3 Å². The summed E-state index contributed by atoms with van der Waals surface area (Å²) in [6.07, 6.45) is 2.47. The van der Waals surface area contributed by atoms with E-state index < -0.39 is 10.0 Å². The molecule has 0 saturated carbocycles. The third kappa shape index (κ3) is 7.31. The molecule has 0 aliphatic carbocycles. The van der Waals surface area contributed by atoms with E-state index in [1.165, 1.54) is 4.31 Å². The lowest BCUT2D eigenvalue weighted by Crippen LogP contribution is -2.41. The van der Waals surface area contributed by atoms with Crippen LogP contribution in [0, 0.1) is 5.92 Å². The van der Waals surface area contributed by atoms with Crippen molar-refractivity contribution in [3.63, 3.8) is 0 Å². The Labute approximate surface area is 145 Å². The molecule has 0 bridgehead atoms. The second-order valence-electron chi connectivity index (χ2n) is 6.19. The van der Waals surface area contributed by atoms with Crippen LogP contribution in [0.2, 0.25) is 0 Å². The Morgan fingerprint density at radius 1 is 1.29 bits per heavy atom. The molecule has 0 unspecified atom stereocenters. The van der Waals surface area contributed by atoms with E-state index in [9.17, 15) is 13.2 Å². The van der Waals surface area contributed by atoms with Crippen LogP contribution in [-0.4, -0.2) is 51.6 Å². The van der Waals surface area contributed by atoms with Crippen molar-refractivity contribution in [1.82, 2.24) is 9.62 Å². The highest BCUT2D eigenvalue weighted by Crippen LogP contribution is 2.18. The summed E-state index contributed by atoms with van der Waals surface area (Å²) < 4.78 is 30.3. The first-order chi connectivity index (χ1) is 11.2. The number of carbonyl (C=O) groups excluding carboxylic acids is 1. The molecule has 0 fully saturated rings. The zero-order valence-electron chi connectivity index (χ0n) is 14.9. The molecule has 0 aliphatic heterocycles. The van der Waals surface area contributed by atoms with Crippen molar-refractivity contribution in [2.75, 3.05) is 33.0 Å². The second kappa shape index (κ2) is 9.64. The molecular formula is C17H28N2O4S. The molecule has 6 nitrogen and oxygen atoms in total. The molecular weight excluding hydrogens is 328 g/mol. The average molecular weight is 356 g/mol. The monoisotopic (exact) mass is 356 g/mol. The van der Waals surface area contributed by atoms with E-state index in [2.05, 4.69) is 19.2 Å². The Bertz CT molecular complexity index is 629. The summed E-state index contributed by atoms with van der Waals surface area (Å²) in [4.78, 5) is 12.0. The summed E-state index contributed by atoms with van der Waals surface area (Å²) in [6.45, 7) is 4.77. The van der Waals surface area contributed by atoms with Gasteiger partial charge in [0.05, 0.1) is 19.9 Å². The van der Waals surface area contributed by atoms with Gasteiger partial charge in [-0.2, -0.15) is 4.31 Å². The van der Waals surface area contributed by atoms with Crippen molar-refractivity contribution >= 4 is 15.9 Å². The van der Waals surface area contributed by atoms with Crippen LogP contribution in [0.3, 0.4) is 0 Å². The summed E-state index contributed by atoms with van der Waals surface area (Å²) in [5.41, 5.74) is 0.911. The highest BCUT2D eigenvalue weighted by atomic mass is 32.2. The average Bonchev–Trinajstić information content (AvgIpc) is 2.50. The van der Waals surface area contributed by atoms with E-state index in [0.717, 1.165) is 18.2 Å². The topological polar surface area (TPSA) is 75.7 Å². The molecule has 0 radical (unpaired) electrons. The Morgan fingerprint density at radius 3 is 2.54 bits per heavy atom. The fraction of sp³-hybridized carbons (Fsp3) is 0.588. The molecule has 0 aliphatic rings. The summed E-state index contributed by atoms with van der Waals surface area (Å²) in [5, 5.41) is 2.77. The van der Waals surface area contributed by atoms with Gasteiger partial charge in [0, 0.05) is 13.1 Å². The van der Waals surface area contributed by atoms with Crippen LogP contribution in [0.25, 0.3) is 0 Å². The number of nitrogens with zero attached hydrogens (tertiary/aromatic N) is 1. The molecule has 1 aromatic carbocycles. The van der Waals surface area contributed by atoms with Gasteiger partial charge in [-0.25, -0.2) is 8.42 Å². The molecule has 1 amide bonds. The molecule has 0 spiro atoms. The van der Waals surface area contributed by atoms with E-state index in [1.54, 1.807) is 7.11 Å². The highest BCUT2D eigenvalue weighted by Gasteiger charge is 2.20. The van der Waals surface area contributed by atoms with Gasteiger partial charge < -0.3 is 10.1 Å². The normalized spacial score (nSPS) is 11.8. The number of carbonyl (C=O) groups is 1. The zero-order valence-corrected chi connectivity index (χ0v) is 15.7. The van der Waals surface area contributed by atoms with Crippen molar-refractivity contribution in [1.29, 1.82) is 0 Å². The fourth-order valence-corrected chi connectivity index (χ4v) is 3.01. The third-order valence-electron chi connectivity index (χ3n) is 3.66. The number of para-hydroxylation sites is 1. The van der Waals surface area contributed by atoms with Crippen molar-refractivity contribution < 1.29 is 17.9 Å². The molecule has 7 heteroatoms. The maximum Gasteiger partial charge on any atom is 0.235 e. The predicted molar refractivity (Wildman–Crippen MR) is 95.6 cm³/mol. The van der Waals surface area contributed by atoms with Crippen LogP contribution in [0.1, 0.15) is 25.8 Å². The van der Waals surface area contributed by atoms with Gasteiger partial charge in [-0.3, -0.25) is 4.79 Å². The minimum Gasteiger partial charge on any atom is -0.496 e. The summed E-state index contributed by atoms with van der Waals surface area (Å²) in [5.74, 6) is 0.926. The number of amides is 1. The molecule has 24 heavy (non-hydrogen) atoms. The minimum absolute atomic E-state index is 0.161. The second-order valence-corrected chi connectivity index (χ2v) is 8.17. The fourth-order valence-electron chi connectivity index (χ4n) is 2.23. The quantitative estimate of drug-likeness (QED) is 0.692. The third-order valence-corrected chi connectivity index (χ3v) is 4.91. The van der Waals surface area contributed by atoms with Crippen molar-refractivity contribution in [3.05, 3.63) is 29.8 Å². The van der Waals surface area contributed by atoms with Crippen molar-refractivity contribution in [2.45, 2.75) is 26.7 Å². The molecule has 1 N–H and O–H groups in total. The number of benzene rings is 1. The number of nitrogens with one attached hydrogen (secondary N) is 1. The lowest BCUT2D eigenvalue weighted by atomic mass is 10.1. The first-order valence-corrected chi connectivity index (χ1v) is 9.92. The van der Waals surface area contributed by atoms with E-state index in [0.29, 0.717) is 24.6 Å². The zero-order chi connectivity index (χ0) is 18.2. The number of methoxy groups -OCH3 is 1. The van der Waals surface area contributed by atoms with Crippen LogP contribution in [0.4, 0.5) is 0 Å². The number of hydrogen-bond acceptors (Lipinski definition) is 4. The van der Waals surface area contributed by atoms with E-state index >= 15 is 0 Å². The predicted octanol–water partition coefficient (Wildman–Crippen LogP) is 1.66. The van der Waals surface area contributed by atoms with Gasteiger partial charge in [0.1, 0.15) is 5.75 Å². The minimum atomic E-state index is -3.46. The summed E-state index contributed by atoms with van der Waals surface area (Å²) in [6, 6.07) is 7.46. The lowest BCUT2D eigenvalue weighted by Gasteiger charge is -2.20. The first-order valence-electron chi connectivity index (χ1n) is 8.07. The Morgan fingerprint density at radius 2 is 1.96 bits per heavy atom. The maximum atomic E-state index is 12.0. The standard InChI is InChI=1S/C17H28N2O4S/c1-14(2)9-11-18-17(20)13-19(24(4,21)22)12-10-15-7-5-6-8-16(15)23-3/h5-8,14H,9-13H2,1-4H3,(H,18,20). The van der Waals surface area contributed by atoms with Gasteiger partial charge in [0.25, 0.3) is 0 Å². The van der Waals surface area contributed by atoms with Crippen LogP contribution < -0.4 is 10.1 Å². The van der Waals surface area contributed by atoms with Crippen LogP contribution in [0.15, 0.2) is 24.3 Å². The molecule has 0 heterocycles. The first kappa shape index (κ1) is 20.4. The Kier molecular flexibility index (Phi) is 8.21. The lowest BCUT2D eigenvalue weighted by molar-refractivity contribution is -0.121. The van der Waals surface area contributed by atoms with E-state index in [4.69, 9.17) is 4.74 Å². The maximum absolute atomic E-state index is 12.0. The number of hydrogen-bond donors (Lipinski definition) is 1. The van der Waals surface area contributed by atoms with Gasteiger partial charge >= 0.3 is 0 Å². The molecule has 1 rings (SSSR count). The molecule has 0 atom stereocenters. The number of rotatable bonds is 10. The van der Waals surface area contributed by atoms with Crippen molar-refractivity contribution in [2.24, 2.45) is 5.92 Å².